The van der Waals surface area contributed by atoms with Crippen LogP contribution in [0.5, 0.6) is 0 Å². The molecule has 0 aromatic rings. The van der Waals surface area contributed by atoms with Crippen molar-refractivity contribution in [2.45, 2.75) is 12.5 Å². The SMILES string of the molecule is C/C=C\C1(N)C=CC=CC1C(=O)O. The number of carboxylic acids is 1. The summed E-state index contributed by atoms with van der Waals surface area (Å²) in [6.45, 7) is 1.82. The molecule has 3 nitrogen and oxygen atoms in total. The Morgan fingerprint density at radius 1 is 1.62 bits per heavy atom. The summed E-state index contributed by atoms with van der Waals surface area (Å²) >= 11 is 0. The van der Waals surface area contributed by atoms with Gasteiger partial charge in [-0.3, -0.25) is 4.79 Å². The van der Waals surface area contributed by atoms with E-state index in [4.69, 9.17) is 10.8 Å². The molecular formula is C10H13NO2. The van der Waals surface area contributed by atoms with E-state index < -0.39 is 17.4 Å². The molecule has 0 spiro atoms. The second-order valence-corrected chi connectivity index (χ2v) is 3.06. The van der Waals surface area contributed by atoms with E-state index >= 15 is 0 Å². The Labute approximate surface area is 77.2 Å². The molecule has 0 saturated heterocycles. The molecule has 0 aliphatic heterocycles. The van der Waals surface area contributed by atoms with E-state index in [0.29, 0.717) is 0 Å². The summed E-state index contributed by atoms with van der Waals surface area (Å²) in [6.07, 6.45) is 10.2. The normalized spacial score (nSPS) is 32.6. The van der Waals surface area contributed by atoms with E-state index in [2.05, 4.69) is 0 Å². The first-order valence-corrected chi connectivity index (χ1v) is 4.12. The highest BCUT2D eigenvalue weighted by Crippen LogP contribution is 2.23. The summed E-state index contributed by atoms with van der Waals surface area (Å²) in [7, 11) is 0. The van der Waals surface area contributed by atoms with Crippen LogP contribution in [0.3, 0.4) is 0 Å². The van der Waals surface area contributed by atoms with Crippen LogP contribution in [0.25, 0.3) is 0 Å². The predicted molar refractivity (Wildman–Crippen MR) is 51.1 cm³/mol. The molecule has 0 aromatic carbocycles. The Morgan fingerprint density at radius 3 is 2.85 bits per heavy atom. The molecule has 2 unspecified atom stereocenters. The van der Waals surface area contributed by atoms with Crippen LogP contribution in [-0.2, 0) is 4.79 Å². The molecule has 1 aliphatic rings. The third-order valence-corrected chi connectivity index (χ3v) is 2.06. The molecule has 0 saturated carbocycles. The summed E-state index contributed by atoms with van der Waals surface area (Å²) in [5.74, 6) is -1.57. The summed E-state index contributed by atoms with van der Waals surface area (Å²) in [6, 6.07) is 0. The van der Waals surface area contributed by atoms with Gasteiger partial charge in [0.1, 0.15) is 5.92 Å². The maximum Gasteiger partial charge on any atom is 0.312 e. The predicted octanol–water partition coefficient (Wildman–Crippen LogP) is 1.09. The molecule has 13 heavy (non-hydrogen) atoms. The third-order valence-electron chi connectivity index (χ3n) is 2.06. The van der Waals surface area contributed by atoms with Crippen molar-refractivity contribution in [2.75, 3.05) is 0 Å². The second kappa shape index (κ2) is 3.58. The highest BCUT2D eigenvalue weighted by molar-refractivity contribution is 5.76. The lowest BCUT2D eigenvalue weighted by molar-refractivity contribution is -0.141. The number of carbonyl (C=O) groups is 1. The minimum absolute atomic E-state index is 0.673. The van der Waals surface area contributed by atoms with Crippen LogP contribution in [-0.4, -0.2) is 16.6 Å². The van der Waals surface area contributed by atoms with Crippen molar-refractivity contribution in [3.63, 3.8) is 0 Å². The molecule has 0 fully saturated rings. The molecule has 0 aromatic heterocycles. The maximum absolute atomic E-state index is 10.8. The largest absolute Gasteiger partial charge is 0.481 e. The molecule has 0 heterocycles. The molecule has 2 atom stereocenters. The van der Waals surface area contributed by atoms with Crippen LogP contribution >= 0.6 is 0 Å². The van der Waals surface area contributed by atoms with Gasteiger partial charge >= 0.3 is 5.97 Å². The van der Waals surface area contributed by atoms with Crippen LogP contribution in [0.4, 0.5) is 0 Å². The van der Waals surface area contributed by atoms with E-state index in [9.17, 15) is 4.79 Å². The maximum atomic E-state index is 10.8. The van der Waals surface area contributed by atoms with Crippen molar-refractivity contribution >= 4 is 5.97 Å². The topological polar surface area (TPSA) is 63.3 Å². The fraction of sp³-hybridized carbons (Fsp3) is 0.300. The smallest absolute Gasteiger partial charge is 0.312 e. The Hall–Kier alpha value is -1.35. The van der Waals surface area contributed by atoms with Crippen LogP contribution in [0, 0.1) is 5.92 Å². The van der Waals surface area contributed by atoms with Gasteiger partial charge in [-0.05, 0) is 6.92 Å². The highest BCUT2D eigenvalue weighted by atomic mass is 16.4. The van der Waals surface area contributed by atoms with Gasteiger partial charge in [-0.15, -0.1) is 0 Å². The van der Waals surface area contributed by atoms with E-state index in [-0.39, 0.29) is 0 Å². The molecule has 3 N–H and O–H groups in total. The quantitative estimate of drug-likeness (QED) is 0.623. The average Bonchev–Trinajstić information content (AvgIpc) is 2.04. The number of hydrogen-bond donors (Lipinski definition) is 2. The summed E-state index contributed by atoms with van der Waals surface area (Å²) < 4.78 is 0. The van der Waals surface area contributed by atoms with Gasteiger partial charge in [0, 0.05) is 0 Å². The lowest BCUT2D eigenvalue weighted by atomic mass is 9.81. The lowest BCUT2D eigenvalue weighted by Gasteiger charge is -2.28. The van der Waals surface area contributed by atoms with Crippen molar-refractivity contribution in [1.29, 1.82) is 0 Å². The van der Waals surface area contributed by atoms with Gasteiger partial charge in [-0.1, -0.05) is 36.5 Å². The van der Waals surface area contributed by atoms with Gasteiger partial charge in [0.2, 0.25) is 0 Å². The van der Waals surface area contributed by atoms with Crippen molar-refractivity contribution in [1.82, 2.24) is 0 Å². The van der Waals surface area contributed by atoms with Gasteiger partial charge in [-0.2, -0.15) is 0 Å². The molecule has 1 rings (SSSR count). The van der Waals surface area contributed by atoms with E-state index in [1.54, 1.807) is 36.5 Å². The number of allylic oxidation sites excluding steroid dienone is 3. The Morgan fingerprint density at radius 2 is 2.31 bits per heavy atom. The van der Waals surface area contributed by atoms with Gasteiger partial charge in [0.05, 0.1) is 5.54 Å². The number of rotatable bonds is 2. The second-order valence-electron chi connectivity index (χ2n) is 3.06. The molecule has 1 aliphatic carbocycles. The van der Waals surface area contributed by atoms with Crippen LogP contribution < -0.4 is 5.73 Å². The van der Waals surface area contributed by atoms with Gasteiger partial charge in [-0.25, -0.2) is 0 Å². The van der Waals surface area contributed by atoms with Crippen LogP contribution in [0.1, 0.15) is 6.92 Å². The van der Waals surface area contributed by atoms with Gasteiger partial charge < -0.3 is 10.8 Å². The van der Waals surface area contributed by atoms with Crippen molar-refractivity contribution in [3.8, 4) is 0 Å². The summed E-state index contributed by atoms with van der Waals surface area (Å²) in [4.78, 5) is 10.8. The highest BCUT2D eigenvalue weighted by Gasteiger charge is 2.34. The first-order chi connectivity index (χ1) is 6.10. The van der Waals surface area contributed by atoms with Crippen molar-refractivity contribution < 1.29 is 9.90 Å². The number of carboxylic acid groups (broad SMARTS) is 1. The number of aliphatic carboxylic acids is 1. The monoisotopic (exact) mass is 179 g/mol. The zero-order chi connectivity index (χ0) is 9.90. The Kier molecular flexibility index (Phi) is 2.68. The number of hydrogen-bond acceptors (Lipinski definition) is 2. The third kappa shape index (κ3) is 1.87. The lowest BCUT2D eigenvalue weighted by Crippen LogP contribution is -2.47. The fourth-order valence-electron chi connectivity index (χ4n) is 1.41. The zero-order valence-corrected chi connectivity index (χ0v) is 7.47. The minimum Gasteiger partial charge on any atom is -0.481 e. The average molecular weight is 179 g/mol. The fourth-order valence-corrected chi connectivity index (χ4v) is 1.41. The van der Waals surface area contributed by atoms with Crippen molar-refractivity contribution in [2.24, 2.45) is 11.7 Å². The van der Waals surface area contributed by atoms with E-state index in [0.717, 1.165) is 0 Å². The molecule has 0 bridgehead atoms. The van der Waals surface area contributed by atoms with Crippen LogP contribution in [0.2, 0.25) is 0 Å². The standard InChI is InChI=1S/C10H13NO2/c1-2-6-10(11)7-4-3-5-8(10)9(12)13/h2-8H,11H2,1H3,(H,12,13)/b6-2-. The van der Waals surface area contributed by atoms with E-state index in [1.807, 2.05) is 6.92 Å². The van der Waals surface area contributed by atoms with E-state index in [1.165, 1.54) is 0 Å². The molecule has 0 amide bonds. The van der Waals surface area contributed by atoms with Gasteiger partial charge in [0.25, 0.3) is 0 Å². The zero-order valence-electron chi connectivity index (χ0n) is 7.47. The minimum atomic E-state index is -0.902. The molecular weight excluding hydrogens is 166 g/mol. The summed E-state index contributed by atoms with van der Waals surface area (Å²) in [5, 5.41) is 8.90. The van der Waals surface area contributed by atoms with Gasteiger partial charge in [0.15, 0.2) is 0 Å². The molecule has 3 heteroatoms. The number of nitrogens with two attached hydrogens (primary N) is 1. The first kappa shape index (κ1) is 9.74. The Balaban J connectivity index is 3.00. The van der Waals surface area contributed by atoms with Crippen molar-refractivity contribution in [3.05, 3.63) is 36.5 Å². The molecule has 0 radical (unpaired) electrons. The van der Waals surface area contributed by atoms with Crippen LogP contribution in [0.15, 0.2) is 36.5 Å². The molecule has 70 valence electrons. The summed E-state index contributed by atoms with van der Waals surface area (Å²) in [5.41, 5.74) is 5.03. The Bertz CT molecular complexity index is 291. The first-order valence-electron chi connectivity index (χ1n) is 4.12.